The molecule has 1 aliphatic rings. The smallest absolute Gasteiger partial charge is 0.374 e. The number of hydrogen-bond donors (Lipinski definition) is 0. The number of alkyl halides is 3. The van der Waals surface area contributed by atoms with Gasteiger partial charge in [0.2, 0.25) is 5.95 Å². The largest absolute Gasteiger partial charge is 0.435 e. The quantitative estimate of drug-likeness (QED) is 0.496. The van der Waals surface area contributed by atoms with Gasteiger partial charge in [-0.15, -0.1) is 0 Å². The third-order valence-electron chi connectivity index (χ3n) is 4.49. The zero-order valence-corrected chi connectivity index (χ0v) is 14.4. The number of pyridine rings is 1. The van der Waals surface area contributed by atoms with Crippen LogP contribution in [0, 0.1) is 17.3 Å². The van der Waals surface area contributed by atoms with Crippen molar-refractivity contribution in [2.24, 2.45) is 5.16 Å². The van der Waals surface area contributed by atoms with Gasteiger partial charge in [0.15, 0.2) is 0 Å². The van der Waals surface area contributed by atoms with E-state index in [1.807, 2.05) is 6.07 Å². The summed E-state index contributed by atoms with van der Waals surface area (Å²) in [5.41, 5.74) is -2.48. The Hall–Kier alpha value is -3.81. The molecule has 2 aromatic heterocycles. The van der Waals surface area contributed by atoms with E-state index in [0.717, 1.165) is 12.3 Å². The lowest BCUT2D eigenvalue weighted by Gasteiger charge is -2.29. The number of halogens is 4. The first-order chi connectivity index (χ1) is 13.8. The third-order valence-corrected chi connectivity index (χ3v) is 4.49. The molecule has 1 aliphatic heterocycles. The number of hydrogen-bond acceptors (Lipinski definition) is 6. The van der Waals surface area contributed by atoms with Gasteiger partial charge in [-0.05, 0) is 18.2 Å². The molecule has 0 spiro atoms. The maximum absolute atomic E-state index is 13.9. The topological polar surface area (TPSA) is 89.0 Å². The number of oxime groups is 1. The van der Waals surface area contributed by atoms with Crippen LogP contribution < -0.4 is 0 Å². The molecule has 0 saturated carbocycles. The first-order valence-electron chi connectivity index (χ1n) is 8.17. The summed E-state index contributed by atoms with van der Waals surface area (Å²) in [5.74, 6) is -1.06. The number of aromatic nitrogens is 4. The fourth-order valence-corrected chi connectivity index (χ4v) is 3.05. The van der Waals surface area contributed by atoms with E-state index in [4.69, 9.17) is 4.84 Å². The van der Waals surface area contributed by atoms with Crippen LogP contribution in [-0.2, 0) is 10.4 Å². The van der Waals surface area contributed by atoms with E-state index in [2.05, 4.69) is 20.2 Å². The van der Waals surface area contributed by atoms with Crippen LogP contribution in [0.4, 0.5) is 17.6 Å². The first-order valence-corrected chi connectivity index (χ1v) is 8.17. The molecule has 29 heavy (non-hydrogen) atoms. The number of nitriles is 1. The molecule has 0 radical (unpaired) electrons. The molecule has 7 nitrogen and oxygen atoms in total. The van der Waals surface area contributed by atoms with E-state index in [-0.39, 0.29) is 16.8 Å². The molecule has 0 bridgehead atoms. The molecule has 0 fully saturated rings. The molecule has 0 N–H and O–H groups in total. The van der Waals surface area contributed by atoms with Crippen molar-refractivity contribution >= 4 is 5.71 Å². The fourth-order valence-electron chi connectivity index (χ4n) is 3.05. The average Bonchev–Trinajstić information content (AvgIpc) is 3.38. The van der Waals surface area contributed by atoms with E-state index >= 15 is 0 Å². The van der Waals surface area contributed by atoms with Crippen molar-refractivity contribution in [2.75, 3.05) is 0 Å². The minimum atomic E-state index is -4.87. The minimum absolute atomic E-state index is 0.0267. The normalized spacial score (nSPS) is 18.8. The second-order valence-corrected chi connectivity index (χ2v) is 6.18. The Morgan fingerprint density at radius 1 is 1.21 bits per heavy atom. The van der Waals surface area contributed by atoms with Gasteiger partial charge in [-0.3, -0.25) is 0 Å². The summed E-state index contributed by atoms with van der Waals surface area (Å²) in [7, 11) is 0. The van der Waals surface area contributed by atoms with Crippen LogP contribution in [0.2, 0.25) is 0 Å². The molecule has 1 unspecified atom stereocenters. The summed E-state index contributed by atoms with van der Waals surface area (Å²) in [6.45, 7) is 0. The van der Waals surface area contributed by atoms with Gasteiger partial charge in [0.1, 0.15) is 18.7 Å². The third kappa shape index (κ3) is 3.08. The summed E-state index contributed by atoms with van der Waals surface area (Å²) < 4.78 is 56.5. The Morgan fingerprint density at radius 3 is 2.69 bits per heavy atom. The van der Waals surface area contributed by atoms with Crippen molar-refractivity contribution < 1.29 is 22.4 Å². The van der Waals surface area contributed by atoms with Crippen LogP contribution in [-0.4, -0.2) is 31.6 Å². The summed E-state index contributed by atoms with van der Waals surface area (Å²) in [6, 6.07) is 8.08. The van der Waals surface area contributed by atoms with Crippen molar-refractivity contribution in [3.63, 3.8) is 0 Å². The highest BCUT2D eigenvalue weighted by molar-refractivity contribution is 6.02. The summed E-state index contributed by atoms with van der Waals surface area (Å²) in [4.78, 5) is 11.9. The Bertz CT molecular complexity index is 1140. The summed E-state index contributed by atoms with van der Waals surface area (Å²) in [6.07, 6.45) is -1.95. The van der Waals surface area contributed by atoms with Crippen LogP contribution in [0.1, 0.15) is 23.1 Å². The fraction of sp³-hybridized carbons (Fsp3) is 0.167. The maximum Gasteiger partial charge on any atom is 0.435 e. The van der Waals surface area contributed by atoms with Crippen molar-refractivity contribution in [3.05, 3.63) is 71.8 Å². The Kier molecular flexibility index (Phi) is 4.26. The van der Waals surface area contributed by atoms with E-state index in [0.29, 0.717) is 11.8 Å². The van der Waals surface area contributed by atoms with E-state index in [1.165, 1.54) is 35.5 Å². The Morgan fingerprint density at radius 2 is 2.03 bits per heavy atom. The van der Waals surface area contributed by atoms with Gasteiger partial charge in [0.25, 0.3) is 5.60 Å². The number of nitrogens with zero attached hydrogens (tertiary/aromatic N) is 6. The van der Waals surface area contributed by atoms with E-state index in [9.17, 15) is 22.8 Å². The highest BCUT2D eigenvalue weighted by atomic mass is 19.4. The van der Waals surface area contributed by atoms with Crippen molar-refractivity contribution in [1.82, 2.24) is 19.7 Å². The molecule has 3 aromatic rings. The van der Waals surface area contributed by atoms with Gasteiger partial charge in [0, 0.05) is 29.8 Å². The molecule has 146 valence electrons. The molecule has 0 amide bonds. The Balaban J connectivity index is 1.72. The van der Waals surface area contributed by atoms with Gasteiger partial charge < -0.3 is 4.84 Å². The van der Waals surface area contributed by atoms with Gasteiger partial charge in [-0.1, -0.05) is 11.2 Å². The lowest BCUT2D eigenvalue weighted by molar-refractivity contribution is -0.276. The summed E-state index contributed by atoms with van der Waals surface area (Å²) >= 11 is 0. The first kappa shape index (κ1) is 18.5. The zero-order valence-electron chi connectivity index (χ0n) is 14.4. The van der Waals surface area contributed by atoms with Crippen LogP contribution in [0.3, 0.4) is 0 Å². The van der Waals surface area contributed by atoms with Crippen LogP contribution in [0.15, 0.2) is 54.3 Å². The van der Waals surface area contributed by atoms with E-state index < -0.39 is 29.7 Å². The monoisotopic (exact) mass is 402 g/mol. The van der Waals surface area contributed by atoms with Gasteiger partial charge in [-0.25, -0.2) is 14.6 Å². The van der Waals surface area contributed by atoms with Crippen LogP contribution in [0.5, 0.6) is 0 Å². The molecule has 0 aliphatic carbocycles. The summed E-state index contributed by atoms with van der Waals surface area (Å²) in [5, 5.41) is 17.0. The molecule has 1 atom stereocenters. The van der Waals surface area contributed by atoms with Crippen molar-refractivity contribution in [2.45, 2.75) is 18.2 Å². The average molecular weight is 402 g/mol. The second-order valence-electron chi connectivity index (χ2n) is 6.18. The number of rotatable bonds is 3. The molecular formula is C18H10F4N6O. The van der Waals surface area contributed by atoms with Gasteiger partial charge in [0.05, 0.1) is 17.0 Å². The Labute approximate surface area is 160 Å². The molecule has 1 aromatic carbocycles. The molecule has 3 heterocycles. The highest BCUT2D eigenvalue weighted by Crippen LogP contribution is 2.48. The van der Waals surface area contributed by atoms with Gasteiger partial charge in [-0.2, -0.15) is 27.9 Å². The van der Waals surface area contributed by atoms with Crippen LogP contribution in [0.25, 0.3) is 5.69 Å². The predicted octanol–water partition coefficient (Wildman–Crippen LogP) is 3.26. The standard InChI is InChI=1S/C18H10F4N6O/c19-16-6-13(3-4-25-16)17(18(20,21)22)7-14(27-29-17)11-1-2-15(12(5-11)8-23)28-10-24-9-26-28/h1-6,9-10H,7H2. The molecule has 11 heteroatoms. The number of benzene rings is 1. The SMILES string of the molecule is N#Cc1cc(C2=NOC(c3ccnc(F)c3)(C(F)(F)F)C2)ccc1-n1cncn1. The molecule has 4 rings (SSSR count). The van der Waals surface area contributed by atoms with Crippen LogP contribution >= 0.6 is 0 Å². The zero-order chi connectivity index (χ0) is 20.6. The van der Waals surface area contributed by atoms with Crippen molar-refractivity contribution in [1.29, 1.82) is 5.26 Å². The maximum atomic E-state index is 13.9. The molecular weight excluding hydrogens is 392 g/mol. The van der Waals surface area contributed by atoms with Gasteiger partial charge >= 0.3 is 6.18 Å². The lowest BCUT2D eigenvalue weighted by atomic mass is 9.87. The van der Waals surface area contributed by atoms with Crippen molar-refractivity contribution in [3.8, 4) is 11.8 Å². The second kappa shape index (κ2) is 6.66. The minimum Gasteiger partial charge on any atom is -0.374 e. The highest BCUT2D eigenvalue weighted by Gasteiger charge is 2.62. The lowest BCUT2D eigenvalue weighted by Crippen LogP contribution is -2.42. The predicted molar refractivity (Wildman–Crippen MR) is 90.2 cm³/mol. The molecule has 0 saturated heterocycles. The van der Waals surface area contributed by atoms with E-state index in [1.54, 1.807) is 0 Å².